The van der Waals surface area contributed by atoms with E-state index in [1.807, 2.05) is 6.92 Å². The second-order valence-corrected chi connectivity index (χ2v) is 8.70. The lowest BCUT2D eigenvalue weighted by molar-refractivity contribution is 1.06. The number of rotatable bonds is 1. The number of aromatic nitrogens is 2. The van der Waals surface area contributed by atoms with Gasteiger partial charge in [-0.2, -0.15) is 5.10 Å². The molecule has 0 spiro atoms. The quantitative estimate of drug-likeness (QED) is 0.606. The van der Waals surface area contributed by atoms with Gasteiger partial charge in [0.2, 0.25) is 0 Å². The van der Waals surface area contributed by atoms with Gasteiger partial charge in [0.25, 0.3) is 0 Å². The number of aromatic amines is 1. The van der Waals surface area contributed by atoms with Crippen LogP contribution in [0.25, 0.3) is 0 Å². The summed E-state index contributed by atoms with van der Waals surface area (Å²) in [6.45, 7) is 8.92. The lowest BCUT2D eigenvalue weighted by atomic mass is 10.5. The fourth-order valence-corrected chi connectivity index (χ4v) is 1.84. The average Bonchev–Trinajstić information content (AvgIpc) is 2.11. The first-order valence-electron chi connectivity index (χ1n) is 3.52. The van der Waals surface area contributed by atoms with E-state index >= 15 is 0 Å². The number of hydrogen-bond acceptors (Lipinski definition) is 1. The maximum Gasteiger partial charge on any atom is 0.104 e. The molecule has 0 aromatic carbocycles. The van der Waals surface area contributed by atoms with E-state index in [1.54, 1.807) is 0 Å². The highest BCUT2D eigenvalue weighted by Gasteiger charge is 2.18. The summed E-state index contributed by atoms with van der Waals surface area (Å²) in [5, 5.41) is 8.45. The molecule has 0 fully saturated rings. The molecule has 1 N–H and O–H groups in total. The van der Waals surface area contributed by atoms with Crippen LogP contribution in [0.3, 0.4) is 0 Å². The van der Waals surface area contributed by atoms with Crippen LogP contribution in [0.15, 0.2) is 6.07 Å². The molecule has 0 aliphatic carbocycles. The van der Waals surface area contributed by atoms with Crippen LogP contribution in [-0.4, -0.2) is 18.3 Å². The second-order valence-electron chi connectivity index (χ2n) is 3.69. The zero-order valence-corrected chi connectivity index (χ0v) is 8.02. The van der Waals surface area contributed by atoms with Gasteiger partial charge in [-0.15, -0.1) is 0 Å². The first-order chi connectivity index (χ1) is 4.50. The molecule has 0 saturated carbocycles. The molecule has 0 radical (unpaired) electrons. The summed E-state index contributed by atoms with van der Waals surface area (Å²) in [6.07, 6.45) is 0. The van der Waals surface area contributed by atoms with Gasteiger partial charge in [-0.1, -0.05) is 19.6 Å². The van der Waals surface area contributed by atoms with Crippen molar-refractivity contribution in [3.63, 3.8) is 0 Å². The summed E-state index contributed by atoms with van der Waals surface area (Å²) >= 11 is 0. The van der Waals surface area contributed by atoms with E-state index in [-0.39, 0.29) is 0 Å². The molecule has 1 aromatic heterocycles. The molecule has 0 aliphatic heterocycles. The van der Waals surface area contributed by atoms with Crippen molar-refractivity contribution in [3.8, 4) is 0 Å². The minimum atomic E-state index is -1.15. The van der Waals surface area contributed by atoms with Crippen LogP contribution < -0.4 is 5.32 Å². The molecule has 1 aromatic rings. The fourth-order valence-electron chi connectivity index (χ4n) is 0.802. The third-order valence-corrected chi connectivity index (χ3v) is 3.27. The van der Waals surface area contributed by atoms with Crippen molar-refractivity contribution in [2.24, 2.45) is 0 Å². The largest absolute Gasteiger partial charge is 0.283 e. The lowest BCUT2D eigenvalue weighted by Crippen LogP contribution is -2.38. The van der Waals surface area contributed by atoms with Gasteiger partial charge in [-0.3, -0.25) is 5.10 Å². The van der Waals surface area contributed by atoms with E-state index in [9.17, 15) is 0 Å². The minimum Gasteiger partial charge on any atom is -0.283 e. The van der Waals surface area contributed by atoms with E-state index in [4.69, 9.17) is 0 Å². The van der Waals surface area contributed by atoms with Crippen molar-refractivity contribution in [1.29, 1.82) is 0 Å². The molecule has 0 unspecified atom stereocenters. The first kappa shape index (κ1) is 7.53. The third-order valence-electron chi connectivity index (χ3n) is 1.47. The zero-order valence-electron chi connectivity index (χ0n) is 7.02. The lowest BCUT2D eigenvalue weighted by Gasteiger charge is -2.10. The van der Waals surface area contributed by atoms with Crippen molar-refractivity contribution in [3.05, 3.63) is 11.8 Å². The molecule has 0 aliphatic rings. The van der Waals surface area contributed by atoms with E-state index < -0.39 is 8.07 Å². The Morgan fingerprint density at radius 2 is 2.00 bits per heavy atom. The Kier molecular flexibility index (Phi) is 1.68. The maximum absolute atomic E-state index is 4.22. The van der Waals surface area contributed by atoms with Gasteiger partial charge in [0.15, 0.2) is 0 Å². The predicted molar refractivity (Wildman–Crippen MR) is 46.3 cm³/mol. The van der Waals surface area contributed by atoms with Crippen LogP contribution in [0.1, 0.15) is 5.69 Å². The van der Waals surface area contributed by atoms with Gasteiger partial charge in [-0.25, -0.2) is 0 Å². The Morgan fingerprint density at radius 1 is 1.40 bits per heavy atom. The van der Waals surface area contributed by atoms with Crippen LogP contribution in [0.4, 0.5) is 0 Å². The van der Waals surface area contributed by atoms with Crippen LogP contribution in [0.5, 0.6) is 0 Å². The number of H-pyrrole nitrogens is 1. The maximum atomic E-state index is 4.22. The molecule has 0 atom stereocenters. The van der Waals surface area contributed by atoms with Crippen molar-refractivity contribution in [2.75, 3.05) is 0 Å². The molecule has 56 valence electrons. The Labute approximate surface area is 62.7 Å². The molecular formula is C7H14N2Si. The van der Waals surface area contributed by atoms with Gasteiger partial charge in [0, 0.05) is 11.0 Å². The molecule has 0 bridgehead atoms. The Hall–Kier alpha value is -0.573. The normalized spacial score (nSPS) is 12.0. The minimum absolute atomic E-state index is 1.15. The Balaban J connectivity index is 2.96. The van der Waals surface area contributed by atoms with Crippen molar-refractivity contribution < 1.29 is 0 Å². The van der Waals surface area contributed by atoms with Crippen LogP contribution in [-0.2, 0) is 0 Å². The van der Waals surface area contributed by atoms with E-state index in [1.165, 1.54) is 5.32 Å². The molecule has 10 heavy (non-hydrogen) atoms. The standard InChI is InChI=1S/C7H14N2Si/c1-6-5-7(9-8-6)10(2,3)4/h5H,1-4H3,(H,8,9). The van der Waals surface area contributed by atoms with Crippen LogP contribution in [0.2, 0.25) is 19.6 Å². The summed E-state index contributed by atoms with van der Waals surface area (Å²) in [6, 6.07) is 2.15. The summed E-state index contributed by atoms with van der Waals surface area (Å²) in [5.74, 6) is 0. The first-order valence-corrected chi connectivity index (χ1v) is 7.02. The number of hydrogen-bond donors (Lipinski definition) is 1. The topological polar surface area (TPSA) is 28.7 Å². The highest BCUT2D eigenvalue weighted by atomic mass is 28.3. The number of nitrogens with zero attached hydrogens (tertiary/aromatic N) is 1. The average molecular weight is 154 g/mol. The number of nitrogens with one attached hydrogen (secondary N) is 1. The molecule has 1 heterocycles. The smallest absolute Gasteiger partial charge is 0.104 e. The van der Waals surface area contributed by atoms with Crippen molar-refractivity contribution >= 4 is 13.4 Å². The predicted octanol–water partition coefficient (Wildman–Crippen LogP) is 1.26. The van der Waals surface area contributed by atoms with Gasteiger partial charge < -0.3 is 0 Å². The summed E-state index contributed by atoms with van der Waals surface area (Å²) in [4.78, 5) is 0. The molecular weight excluding hydrogens is 140 g/mol. The van der Waals surface area contributed by atoms with Gasteiger partial charge in [0.1, 0.15) is 8.07 Å². The van der Waals surface area contributed by atoms with Crippen molar-refractivity contribution in [2.45, 2.75) is 26.6 Å². The van der Waals surface area contributed by atoms with Crippen molar-refractivity contribution in [1.82, 2.24) is 10.2 Å². The highest BCUT2D eigenvalue weighted by molar-refractivity contribution is 6.88. The second kappa shape index (κ2) is 2.23. The summed E-state index contributed by atoms with van der Waals surface area (Å²) < 4.78 is 0. The van der Waals surface area contributed by atoms with E-state index in [2.05, 4.69) is 35.9 Å². The molecule has 2 nitrogen and oxygen atoms in total. The van der Waals surface area contributed by atoms with Crippen LogP contribution >= 0.6 is 0 Å². The Bertz CT molecular complexity index is 222. The van der Waals surface area contributed by atoms with E-state index in [0.29, 0.717) is 0 Å². The summed E-state index contributed by atoms with van der Waals surface area (Å²) in [7, 11) is -1.15. The summed E-state index contributed by atoms with van der Waals surface area (Å²) in [5.41, 5.74) is 1.16. The molecule has 1 rings (SSSR count). The Morgan fingerprint density at radius 3 is 2.20 bits per heavy atom. The molecule has 3 heteroatoms. The molecule has 0 saturated heterocycles. The SMILES string of the molecule is Cc1cc([Si](C)(C)C)n[nH]1. The van der Waals surface area contributed by atoms with Crippen LogP contribution in [0, 0.1) is 6.92 Å². The molecule has 0 amide bonds. The monoisotopic (exact) mass is 154 g/mol. The number of aryl methyl sites for hydroxylation is 1. The highest BCUT2D eigenvalue weighted by Crippen LogP contribution is 1.99. The zero-order chi connectivity index (χ0) is 7.78. The third kappa shape index (κ3) is 1.47. The fraction of sp³-hybridized carbons (Fsp3) is 0.571. The van der Waals surface area contributed by atoms with Gasteiger partial charge in [-0.05, 0) is 13.0 Å². The van der Waals surface area contributed by atoms with Gasteiger partial charge >= 0.3 is 0 Å². The van der Waals surface area contributed by atoms with Gasteiger partial charge in [0.05, 0.1) is 0 Å². The van der Waals surface area contributed by atoms with E-state index in [0.717, 1.165) is 5.69 Å².